The largest absolute Gasteiger partial charge is 0.395 e. The summed E-state index contributed by atoms with van der Waals surface area (Å²) in [5.74, 6) is 1.67. The smallest absolute Gasteiger partial charge is 0.0550 e. The Bertz CT molecular complexity index is 227. The number of aliphatic hydroxyl groups excluding tert-OH is 1. The van der Waals surface area contributed by atoms with Gasteiger partial charge in [0.15, 0.2) is 0 Å². The number of aliphatic hydroxyl groups is 1. The Morgan fingerprint density at radius 2 is 2.27 bits per heavy atom. The van der Waals surface area contributed by atoms with E-state index in [0.29, 0.717) is 11.9 Å². The van der Waals surface area contributed by atoms with Crippen molar-refractivity contribution in [3.8, 4) is 0 Å². The molecule has 2 bridgehead atoms. The van der Waals surface area contributed by atoms with E-state index in [2.05, 4.69) is 30.8 Å². The molecule has 0 aliphatic heterocycles. The molecule has 0 aromatic rings. The van der Waals surface area contributed by atoms with E-state index in [1.54, 1.807) is 0 Å². The molecular weight excluding hydrogens is 204 g/mol. The van der Waals surface area contributed by atoms with Gasteiger partial charge in [0.25, 0.3) is 0 Å². The van der Waals surface area contributed by atoms with E-state index in [4.69, 9.17) is 0 Å². The molecule has 1 fully saturated rings. The van der Waals surface area contributed by atoms with Crippen molar-refractivity contribution in [2.24, 2.45) is 11.8 Å². The molecule has 2 aliphatic rings. The summed E-state index contributed by atoms with van der Waals surface area (Å²) in [6.45, 7) is 2.58. The van der Waals surface area contributed by atoms with Gasteiger partial charge in [0, 0.05) is 10.5 Å². The van der Waals surface area contributed by atoms with Gasteiger partial charge in [-0.2, -0.15) is 11.8 Å². The number of rotatable bonds is 6. The molecule has 86 valence electrons. The van der Waals surface area contributed by atoms with Gasteiger partial charge in [0.2, 0.25) is 0 Å². The minimum atomic E-state index is 0.363. The summed E-state index contributed by atoms with van der Waals surface area (Å²) in [5.41, 5.74) is 0. The van der Waals surface area contributed by atoms with Crippen molar-refractivity contribution in [3.63, 3.8) is 0 Å². The van der Waals surface area contributed by atoms with E-state index in [-0.39, 0.29) is 0 Å². The summed E-state index contributed by atoms with van der Waals surface area (Å²) in [6, 6.07) is 0. The fraction of sp³-hybridized carbons (Fsp3) is 0.846. The SMILES string of the molecule is CCCCC(CO)SC1CC2C=CC1C2. The van der Waals surface area contributed by atoms with Gasteiger partial charge < -0.3 is 5.11 Å². The quantitative estimate of drug-likeness (QED) is 0.702. The van der Waals surface area contributed by atoms with Crippen molar-refractivity contribution in [3.05, 3.63) is 12.2 Å². The van der Waals surface area contributed by atoms with Crippen LogP contribution in [0.1, 0.15) is 39.0 Å². The molecule has 0 saturated heterocycles. The molecule has 0 radical (unpaired) electrons. The van der Waals surface area contributed by atoms with E-state index in [1.807, 2.05) is 0 Å². The van der Waals surface area contributed by atoms with Gasteiger partial charge in [-0.1, -0.05) is 31.9 Å². The van der Waals surface area contributed by atoms with E-state index in [9.17, 15) is 5.11 Å². The first-order valence-electron chi connectivity index (χ1n) is 6.28. The molecule has 0 heterocycles. The van der Waals surface area contributed by atoms with E-state index in [0.717, 1.165) is 17.1 Å². The minimum absolute atomic E-state index is 0.363. The number of hydrogen-bond donors (Lipinski definition) is 1. The lowest BCUT2D eigenvalue weighted by atomic mass is 10.1. The van der Waals surface area contributed by atoms with Crippen molar-refractivity contribution in [1.29, 1.82) is 0 Å². The highest BCUT2D eigenvalue weighted by Crippen LogP contribution is 2.46. The molecule has 4 unspecified atom stereocenters. The van der Waals surface area contributed by atoms with Crippen LogP contribution in [0, 0.1) is 11.8 Å². The normalized spacial score (nSPS) is 34.9. The molecule has 0 spiro atoms. The second-order valence-electron chi connectivity index (χ2n) is 4.90. The monoisotopic (exact) mass is 226 g/mol. The van der Waals surface area contributed by atoms with Crippen molar-refractivity contribution in [1.82, 2.24) is 0 Å². The fourth-order valence-corrected chi connectivity index (χ4v) is 4.41. The summed E-state index contributed by atoms with van der Waals surface area (Å²) in [7, 11) is 0. The topological polar surface area (TPSA) is 20.2 Å². The minimum Gasteiger partial charge on any atom is -0.395 e. The van der Waals surface area contributed by atoms with Gasteiger partial charge in [-0.3, -0.25) is 0 Å². The van der Waals surface area contributed by atoms with Gasteiger partial charge in [0.05, 0.1) is 6.61 Å². The fourth-order valence-electron chi connectivity index (χ4n) is 2.77. The molecular formula is C13H22OS. The average molecular weight is 226 g/mol. The number of allylic oxidation sites excluding steroid dienone is 2. The molecule has 0 aromatic heterocycles. The Morgan fingerprint density at radius 3 is 2.80 bits per heavy atom. The first-order valence-corrected chi connectivity index (χ1v) is 7.22. The van der Waals surface area contributed by atoms with Crippen molar-refractivity contribution in [2.45, 2.75) is 49.5 Å². The zero-order chi connectivity index (χ0) is 10.7. The molecule has 0 amide bonds. The van der Waals surface area contributed by atoms with Crippen LogP contribution in [0.2, 0.25) is 0 Å². The van der Waals surface area contributed by atoms with E-state index in [1.165, 1.54) is 32.1 Å². The summed E-state index contributed by atoms with van der Waals surface area (Å²) in [5, 5.41) is 10.6. The average Bonchev–Trinajstić information content (AvgIpc) is 2.85. The number of fused-ring (bicyclic) bond motifs is 2. The zero-order valence-corrected chi connectivity index (χ0v) is 10.4. The number of unbranched alkanes of at least 4 members (excludes halogenated alkanes) is 1. The van der Waals surface area contributed by atoms with Crippen molar-refractivity contribution in [2.75, 3.05) is 6.61 Å². The maximum Gasteiger partial charge on any atom is 0.0550 e. The predicted molar refractivity (Wildman–Crippen MR) is 67.1 cm³/mol. The van der Waals surface area contributed by atoms with Gasteiger partial charge in [0.1, 0.15) is 0 Å². The Morgan fingerprint density at radius 1 is 1.40 bits per heavy atom. The molecule has 2 heteroatoms. The second kappa shape index (κ2) is 5.40. The van der Waals surface area contributed by atoms with Crippen molar-refractivity contribution < 1.29 is 5.11 Å². The molecule has 15 heavy (non-hydrogen) atoms. The molecule has 1 nitrogen and oxygen atoms in total. The summed E-state index contributed by atoms with van der Waals surface area (Å²) in [4.78, 5) is 0. The third-order valence-electron chi connectivity index (χ3n) is 3.67. The van der Waals surface area contributed by atoms with Crippen LogP contribution in [0.4, 0.5) is 0 Å². The van der Waals surface area contributed by atoms with Gasteiger partial charge in [-0.25, -0.2) is 0 Å². The van der Waals surface area contributed by atoms with Crippen LogP contribution in [-0.2, 0) is 0 Å². The van der Waals surface area contributed by atoms with Crippen LogP contribution >= 0.6 is 11.8 Å². The summed E-state index contributed by atoms with van der Waals surface area (Å²) < 4.78 is 0. The number of thioether (sulfide) groups is 1. The lowest BCUT2D eigenvalue weighted by molar-refractivity contribution is 0.288. The Hall–Kier alpha value is 0.0500. The predicted octanol–water partition coefficient (Wildman–Crippen LogP) is 3.24. The van der Waals surface area contributed by atoms with Crippen LogP contribution in [-0.4, -0.2) is 22.2 Å². The third-order valence-corrected chi connectivity index (χ3v) is 5.33. The third kappa shape index (κ3) is 2.79. The van der Waals surface area contributed by atoms with Gasteiger partial charge in [-0.05, 0) is 31.1 Å². The van der Waals surface area contributed by atoms with Crippen LogP contribution in [0.5, 0.6) is 0 Å². The first kappa shape index (κ1) is 11.5. The van der Waals surface area contributed by atoms with Crippen LogP contribution in [0.25, 0.3) is 0 Å². The Balaban J connectivity index is 1.77. The highest BCUT2D eigenvalue weighted by atomic mass is 32.2. The Labute approximate surface area is 97.3 Å². The maximum absolute atomic E-state index is 9.34. The summed E-state index contributed by atoms with van der Waals surface area (Å²) >= 11 is 2.05. The maximum atomic E-state index is 9.34. The van der Waals surface area contributed by atoms with E-state index < -0.39 is 0 Å². The lowest BCUT2D eigenvalue weighted by Gasteiger charge is -2.23. The highest BCUT2D eigenvalue weighted by Gasteiger charge is 2.36. The molecule has 0 aromatic carbocycles. The highest BCUT2D eigenvalue weighted by molar-refractivity contribution is 8.00. The van der Waals surface area contributed by atoms with E-state index >= 15 is 0 Å². The molecule has 1 N–H and O–H groups in total. The second-order valence-corrected chi connectivity index (χ2v) is 6.45. The molecule has 1 saturated carbocycles. The van der Waals surface area contributed by atoms with Crippen molar-refractivity contribution >= 4 is 11.8 Å². The number of hydrogen-bond acceptors (Lipinski definition) is 2. The lowest BCUT2D eigenvalue weighted by Crippen LogP contribution is -2.18. The van der Waals surface area contributed by atoms with Crippen LogP contribution in [0.15, 0.2) is 12.2 Å². The first-order chi connectivity index (χ1) is 7.33. The standard InChI is InChI=1S/C13H22OS/c1-2-3-4-12(9-14)15-13-8-10-5-6-11(13)7-10/h5-6,10-14H,2-4,7-9H2,1H3. The van der Waals surface area contributed by atoms with Crippen LogP contribution in [0.3, 0.4) is 0 Å². The zero-order valence-electron chi connectivity index (χ0n) is 9.56. The molecule has 4 atom stereocenters. The Kier molecular flexibility index (Phi) is 4.15. The van der Waals surface area contributed by atoms with Gasteiger partial charge >= 0.3 is 0 Å². The summed E-state index contributed by atoms with van der Waals surface area (Å²) in [6.07, 6.45) is 11.2. The van der Waals surface area contributed by atoms with Gasteiger partial charge in [-0.15, -0.1) is 0 Å². The molecule has 2 rings (SSSR count). The van der Waals surface area contributed by atoms with Crippen LogP contribution < -0.4 is 0 Å². The molecule has 2 aliphatic carbocycles.